The maximum absolute atomic E-state index is 9.05. The highest BCUT2D eigenvalue weighted by molar-refractivity contribution is 6.30. The van der Waals surface area contributed by atoms with Crippen LogP contribution in [0.1, 0.15) is 24.8 Å². The third-order valence-corrected chi connectivity index (χ3v) is 3.27. The lowest BCUT2D eigenvalue weighted by Gasteiger charge is -2.27. The third kappa shape index (κ3) is 2.88. The first-order valence-corrected chi connectivity index (χ1v) is 6.08. The molecule has 1 aromatic rings. The van der Waals surface area contributed by atoms with Crippen molar-refractivity contribution in [2.45, 2.75) is 25.8 Å². The Balaban J connectivity index is 2.07. The molecule has 1 saturated heterocycles. The Morgan fingerprint density at radius 1 is 1.25 bits per heavy atom. The number of likely N-dealkylation sites (tertiary alicyclic amines) is 1. The van der Waals surface area contributed by atoms with E-state index >= 15 is 0 Å². The zero-order valence-electron chi connectivity index (χ0n) is 9.25. The van der Waals surface area contributed by atoms with Crippen molar-refractivity contribution < 1.29 is 5.21 Å². The van der Waals surface area contributed by atoms with Gasteiger partial charge in [-0.15, -0.1) is 0 Å². The number of hydrogen-bond donors (Lipinski definition) is 2. The van der Waals surface area contributed by atoms with Crippen LogP contribution in [0.4, 0.5) is 5.69 Å². The number of nitrogens with zero attached hydrogens (tertiary/aromatic N) is 1. The second kappa shape index (κ2) is 5.53. The van der Waals surface area contributed by atoms with Gasteiger partial charge in [0.1, 0.15) is 0 Å². The van der Waals surface area contributed by atoms with Crippen LogP contribution in [0.2, 0.25) is 5.02 Å². The van der Waals surface area contributed by atoms with Gasteiger partial charge < -0.3 is 0 Å². The number of nitrogens with one attached hydrogen (secondary N) is 1. The Morgan fingerprint density at radius 3 is 2.69 bits per heavy atom. The van der Waals surface area contributed by atoms with Gasteiger partial charge in [0.2, 0.25) is 0 Å². The predicted molar refractivity (Wildman–Crippen MR) is 66.0 cm³/mol. The number of rotatable bonds is 3. The molecule has 0 unspecified atom stereocenters. The molecular formula is C12H17ClN2O. The molecular weight excluding hydrogens is 224 g/mol. The van der Waals surface area contributed by atoms with E-state index in [1.165, 1.54) is 19.3 Å². The maximum Gasteiger partial charge on any atom is 0.0661 e. The van der Waals surface area contributed by atoms with Crippen LogP contribution in [0.25, 0.3) is 0 Å². The highest BCUT2D eigenvalue weighted by Crippen LogP contribution is 2.23. The number of hydrogen-bond acceptors (Lipinski definition) is 3. The van der Waals surface area contributed by atoms with Crippen molar-refractivity contribution in [2.75, 3.05) is 18.6 Å². The summed E-state index contributed by atoms with van der Waals surface area (Å²) in [4.78, 5) is 2.41. The van der Waals surface area contributed by atoms with E-state index in [0.717, 1.165) is 25.2 Å². The Bertz CT molecular complexity index is 351. The molecule has 0 aliphatic carbocycles. The molecule has 1 aliphatic heterocycles. The molecule has 88 valence electrons. The van der Waals surface area contributed by atoms with Crippen LogP contribution in [0, 0.1) is 0 Å². The minimum absolute atomic E-state index is 0.638. The molecule has 0 radical (unpaired) electrons. The van der Waals surface area contributed by atoms with Crippen molar-refractivity contribution >= 4 is 17.3 Å². The van der Waals surface area contributed by atoms with Crippen molar-refractivity contribution in [2.24, 2.45) is 0 Å². The van der Waals surface area contributed by atoms with Crippen LogP contribution in [-0.2, 0) is 6.54 Å². The summed E-state index contributed by atoms with van der Waals surface area (Å²) in [6.07, 6.45) is 3.88. The fraction of sp³-hybridized carbons (Fsp3) is 0.500. The molecule has 2 N–H and O–H groups in total. The number of benzene rings is 1. The van der Waals surface area contributed by atoms with Gasteiger partial charge in [-0.1, -0.05) is 24.1 Å². The van der Waals surface area contributed by atoms with E-state index in [0.29, 0.717) is 10.7 Å². The quantitative estimate of drug-likeness (QED) is 0.797. The van der Waals surface area contributed by atoms with Crippen LogP contribution in [0.15, 0.2) is 18.2 Å². The summed E-state index contributed by atoms with van der Waals surface area (Å²) in [6, 6.07) is 5.58. The van der Waals surface area contributed by atoms with Crippen LogP contribution >= 0.6 is 11.6 Å². The van der Waals surface area contributed by atoms with Gasteiger partial charge in [-0.05, 0) is 43.6 Å². The summed E-state index contributed by atoms with van der Waals surface area (Å²) in [5, 5.41) is 9.68. The van der Waals surface area contributed by atoms with E-state index in [2.05, 4.69) is 10.4 Å². The topological polar surface area (TPSA) is 35.5 Å². The molecule has 4 heteroatoms. The van der Waals surface area contributed by atoms with Gasteiger partial charge in [0.25, 0.3) is 0 Å². The van der Waals surface area contributed by atoms with Crippen LogP contribution in [-0.4, -0.2) is 23.2 Å². The van der Waals surface area contributed by atoms with Gasteiger partial charge in [-0.2, -0.15) is 0 Å². The summed E-state index contributed by atoms with van der Waals surface area (Å²) >= 11 is 5.87. The fourth-order valence-corrected chi connectivity index (χ4v) is 2.32. The van der Waals surface area contributed by atoms with Gasteiger partial charge >= 0.3 is 0 Å². The summed E-state index contributed by atoms with van der Waals surface area (Å²) in [6.45, 7) is 3.17. The molecule has 0 spiro atoms. The highest BCUT2D eigenvalue weighted by atomic mass is 35.5. The van der Waals surface area contributed by atoms with Crippen molar-refractivity contribution in [3.8, 4) is 0 Å². The summed E-state index contributed by atoms with van der Waals surface area (Å²) in [5.41, 5.74) is 4.01. The molecule has 1 fully saturated rings. The Hall–Kier alpha value is -0.770. The lowest BCUT2D eigenvalue weighted by Crippen LogP contribution is -2.29. The first-order chi connectivity index (χ1) is 7.79. The van der Waals surface area contributed by atoms with E-state index in [9.17, 15) is 0 Å². The Kier molecular flexibility index (Phi) is 4.04. The van der Waals surface area contributed by atoms with Crippen molar-refractivity contribution in [3.05, 3.63) is 28.8 Å². The maximum atomic E-state index is 9.05. The molecule has 0 bridgehead atoms. The van der Waals surface area contributed by atoms with E-state index in [-0.39, 0.29) is 0 Å². The molecule has 3 nitrogen and oxygen atoms in total. The molecule has 0 aromatic heterocycles. The largest absolute Gasteiger partial charge is 0.299 e. The molecule has 0 saturated carbocycles. The predicted octanol–water partition coefficient (Wildman–Crippen LogP) is 3.13. The van der Waals surface area contributed by atoms with E-state index in [4.69, 9.17) is 16.8 Å². The van der Waals surface area contributed by atoms with Crippen molar-refractivity contribution in [3.63, 3.8) is 0 Å². The average molecular weight is 241 g/mol. The Morgan fingerprint density at radius 2 is 2.00 bits per heavy atom. The van der Waals surface area contributed by atoms with Crippen LogP contribution in [0.3, 0.4) is 0 Å². The minimum Gasteiger partial charge on any atom is -0.299 e. The third-order valence-electron chi connectivity index (χ3n) is 3.04. The van der Waals surface area contributed by atoms with Gasteiger partial charge in [-0.25, -0.2) is 0 Å². The smallest absolute Gasteiger partial charge is 0.0661 e. The molecule has 1 aromatic carbocycles. The van der Waals surface area contributed by atoms with Crippen LogP contribution in [0.5, 0.6) is 0 Å². The van der Waals surface area contributed by atoms with Crippen molar-refractivity contribution in [1.82, 2.24) is 4.90 Å². The molecule has 1 aliphatic rings. The first-order valence-electron chi connectivity index (χ1n) is 5.70. The monoisotopic (exact) mass is 240 g/mol. The van der Waals surface area contributed by atoms with Gasteiger partial charge in [0.15, 0.2) is 0 Å². The summed E-state index contributed by atoms with van der Waals surface area (Å²) in [5.74, 6) is 0. The normalized spacial score (nSPS) is 17.4. The molecule has 0 amide bonds. The van der Waals surface area contributed by atoms with Crippen molar-refractivity contribution in [1.29, 1.82) is 0 Å². The second-order valence-electron chi connectivity index (χ2n) is 4.25. The molecule has 2 rings (SSSR count). The number of halogens is 1. The summed E-state index contributed by atoms with van der Waals surface area (Å²) in [7, 11) is 0. The minimum atomic E-state index is 0.638. The van der Waals surface area contributed by atoms with Gasteiger partial charge in [0.05, 0.1) is 5.69 Å². The Labute approximate surface area is 101 Å². The fourth-order valence-electron chi connectivity index (χ4n) is 2.15. The zero-order chi connectivity index (χ0) is 11.4. The first kappa shape index (κ1) is 11.7. The zero-order valence-corrected chi connectivity index (χ0v) is 10.0. The van der Waals surface area contributed by atoms with Gasteiger partial charge in [-0.3, -0.25) is 15.6 Å². The van der Waals surface area contributed by atoms with E-state index in [1.54, 1.807) is 6.07 Å². The van der Waals surface area contributed by atoms with Gasteiger partial charge in [0, 0.05) is 11.6 Å². The number of piperidine rings is 1. The summed E-state index contributed by atoms with van der Waals surface area (Å²) < 4.78 is 0. The van der Waals surface area contributed by atoms with Crippen LogP contribution < -0.4 is 5.48 Å². The molecule has 0 atom stereocenters. The molecule has 1 heterocycles. The highest BCUT2D eigenvalue weighted by Gasteiger charge is 2.12. The SMILES string of the molecule is ONc1cc(Cl)ccc1CN1CCCCC1. The van der Waals surface area contributed by atoms with E-state index in [1.807, 2.05) is 12.1 Å². The molecule has 16 heavy (non-hydrogen) atoms. The standard InChI is InChI=1S/C12H17ClN2O/c13-11-5-4-10(12(8-11)14-16)9-15-6-2-1-3-7-15/h4-5,8,14,16H,1-3,6-7,9H2. The number of anilines is 1. The van der Waals surface area contributed by atoms with E-state index < -0.39 is 0 Å². The second-order valence-corrected chi connectivity index (χ2v) is 4.69. The average Bonchev–Trinajstić information content (AvgIpc) is 2.33. The lowest BCUT2D eigenvalue weighted by atomic mass is 10.1. The lowest BCUT2D eigenvalue weighted by molar-refractivity contribution is 0.220.